The summed E-state index contributed by atoms with van der Waals surface area (Å²) in [4.78, 5) is 13.7. The van der Waals surface area contributed by atoms with Gasteiger partial charge in [0.15, 0.2) is 5.76 Å². The summed E-state index contributed by atoms with van der Waals surface area (Å²) in [6.45, 7) is 2.13. The van der Waals surface area contributed by atoms with Crippen molar-refractivity contribution in [1.29, 1.82) is 0 Å². The lowest BCUT2D eigenvalue weighted by atomic mass is 9.91. The van der Waals surface area contributed by atoms with Crippen molar-refractivity contribution in [2.24, 2.45) is 0 Å². The minimum atomic E-state index is -1.12. The zero-order valence-electron chi connectivity index (χ0n) is 11.1. The number of rotatable bonds is 3. The van der Waals surface area contributed by atoms with Gasteiger partial charge in [-0.1, -0.05) is 0 Å². The predicted molar refractivity (Wildman–Crippen MR) is 73.1 cm³/mol. The van der Waals surface area contributed by atoms with Crippen molar-refractivity contribution in [1.82, 2.24) is 4.90 Å². The molecule has 0 aromatic carbocycles. The van der Waals surface area contributed by atoms with E-state index in [-0.39, 0.29) is 18.2 Å². The Balaban J connectivity index is 2.03. The molecule has 1 aromatic heterocycles. The summed E-state index contributed by atoms with van der Waals surface area (Å²) >= 11 is 1.62. The van der Waals surface area contributed by atoms with Crippen LogP contribution in [-0.4, -0.2) is 52.1 Å². The van der Waals surface area contributed by atoms with Gasteiger partial charge in [-0.15, -0.1) is 0 Å². The molecule has 1 aliphatic rings. The van der Waals surface area contributed by atoms with E-state index in [1.165, 1.54) is 4.90 Å². The molecule has 0 radical (unpaired) electrons. The monoisotopic (exact) mass is 285 g/mol. The second kappa shape index (κ2) is 5.56. The number of likely N-dealkylation sites (tertiary alicyclic amines) is 1. The van der Waals surface area contributed by atoms with Gasteiger partial charge in [0.1, 0.15) is 5.76 Å². The van der Waals surface area contributed by atoms with Gasteiger partial charge >= 0.3 is 0 Å². The maximum atomic E-state index is 12.2. The number of hydrogen-bond acceptors (Lipinski definition) is 5. The summed E-state index contributed by atoms with van der Waals surface area (Å²) in [6, 6.07) is 3.45. The van der Waals surface area contributed by atoms with Gasteiger partial charge in [-0.3, -0.25) is 4.79 Å². The average molecular weight is 285 g/mol. The molecule has 0 aliphatic carbocycles. The van der Waals surface area contributed by atoms with Crippen LogP contribution in [0.4, 0.5) is 0 Å². The Bertz CT molecular complexity index is 457. The lowest BCUT2D eigenvalue weighted by Crippen LogP contribution is -2.55. The Morgan fingerprint density at radius 1 is 1.63 bits per heavy atom. The summed E-state index contributed by atoms with van der Waals surface area (Å²) in [7, 11) is 0. The van der Waals surface area contributed by atoms with Gasteiger partial charge in [-0.05, 0) is 31.7 Å². The number of hydrogen-bond donors (Lipinski definition) is 2. The van der Waals surface area contributed by atoms with E-state index in [9.17, 15) is 15.0 Å². The van der Waals surface area contributed by atoms with Crippen molar-refractivity contribution in [3.05, 3.63) is 23.7 Å². The van der Waals surface area contributed by atoms with Crippen molar-refractivity contribution in [3.63, 3.8) is 0 Å². The second-order valence-electron chi connectivity index (χ2n) is 5.07. The largest absolute Gasteiger partial charge is 0.455 e. The van der Waals surface area contributed by atoms with Gasteiger partial charge in [-0.25, -0.2) is 0 Å². The fraction of sp³-hybridized carbons (Fsp3) is 0.615. The molecule has 2 rings (SSSR count). The molecule has 0 bridgehead atoms. The van der Waals surface area contributed by atoms with E-state index in [4.69, 9.17) is 4.42 Å². The van der Waals surface area contributed by atoms with Crippen molar-refractivity contribution in [2.75, 3.05) is 19.3 Å². The van der Waals surface area contributed by atoms with Crippen LogP contribution in [-0.2, 0) is 5.75 Å². The Labute approximate surface area is 116 Å². The first-order valence-electron chi connectivity index (χ1n) is 6.21. The summed E-state index contributed by atoms with van der Waals surface area (Å²) in [5.41, 5.74) is -1.12. The summed E-state index contributed by atoms with van der Waals surface area (Å²) < 4.78 is 5.47. The molecule has 19 heavy (non-hydrogen) atoms. The Hall–Kier alpha value is -0.980. The molecule has 2 N–H and O–H groups in total. The van der Waals surface area contributed by atoms with E-state index in [0.717, 1.165) is 11.5 Å². The predicted octanol–water partition coefficient (Wildman–Crippen LogP) is 1.10. The van der Waals surface area contributed by atoms with E-state index in [1.54, 1.807) is 30.8 Å². The lowest BCUT2D eigenvalue weighted by Gasteiger charge is -2.39. The van der Waals surface area contributed by atoms with Gasteiger partial charge in [-0.2, -0.15) is 11.8 Å². The third-order valence-corrected chi connectivity index (χ3v) is 4.02. The SMILES string of the molecule is CSCc1ccc(C(=O)N2CC[C@](C)(O)[C@H](O)C2)o1. The topological polar surface area (TPSA) is 73.9 Å². The van der Waals surface area contributed by atoms with Crippen LogP contribution < -0.4 is 0 Å². The molecule has 2 atom stereocenters. The first kappa shape index (κ1) is 14.4. The number of carbonyl (C=O) groups is 1. The Morgan fingerprint density at radius 3 is 3.00 bits per heavy atom. The number of β-amino-alcohol motifs (C(OH)–C–C–N with tert-alkyl or cyclic N) is 1. The molecule has 1 aliphatic heterocycles. The molecule has 5 nitrogen and oxygen atoms in total. The Kier molecular flexibility index (Phi) is 4.23. The standard InChI is InChI=1S/C13H19NO4S/c1-13(17)5-6-14(7-11(13)15)12(16)10-4-3-9(18-10)8-19-2/h3-4,11,15,17H,5-8H2,1-2H3/t11-,13+/m1/s1. The van der Waals surface area contributed by atoms with Gasteiger partial charge in [0, 0.05) is 13.1 Å². The number of nitrogens with zero attached hydrogens (tertiary/aromatic N) is 1. The number of piperidine rings is 1. The molecule has 1 fully saturated rings. The molecule has 0 saturated carbocycles. The minimum Gasteiger partial charge on any atom is -0.455 e. The summed E-state index contributed by atoms with van der Waals surface area (Å²) in [5, 5.41) is 19.7. The number of carbonyl (C=O) groups excluding carboxylic acids is 1. The molecule has 6 heteroatoms. The van der Waals surface area contributed by atoms with E-state index in [1.807, 2.05) is 6.26 Å². The normalized spacial score (nSPS) is 27.6. The third kappa shape index (κ3) is 3.13. The van der Waals surface area contributed by atoms with Crippen molar-refractivity contribution < 1.29 is 19.4 Å². The number of furan rings is 1. The molecule has 1 saturated heterocycles. The number of amides is 1. The number of thioether (sulfide) groups is 1. The number of aliphatic hydroxyl groups excluding tert-OH is 1. The van der Waals surface area contributed by atoms with Crippen LogP contribution in [0.2, 0.25) is 0 Å². The van der Waals surface area contributed by atoms with Crippen LogP contribution in [0, 0.1) is 0 Å². The van der Waals surface area contributed by atoms with Gasteiger partial charge in [0.25, 0.3) is 5.91 Å². The molecule has 0 spiro atoms. The van der Waals surface area contributed by atoms with Crippen LogP contribution in [0.5, 0.6) is 0 Å². The maximum Gasteiger partial charge on any atom is 0.289 e. The molecule has 1 amide bonds. The highest BCUT2D eigenvalue weighted by atomic mass is 32.2. The van der Waals surface area contributed by atoms with Crippen molar-refractivity contribution in [2.45, 2.75) is 30.8 Å². The lowest BCUT2D eigenvalue weighted by molar-refractivity contribution is -0.100. The van der Waals surface area contributed by atoms with Crippen molar-refractivity contribution in [3.8, 4) is 0 Å². The summed E-state index contributed by atoms with van der Waals surface area (Å²) in [5.74, 6) is 1.55. The second-order valence-corrected chi connectivity index (χ2v) is 5.94. The Morgan fingerprint density at radius 2 is 2.37 bits per heavy atom. The van der Waals surface area contributed by atoms with Crippen LogP contribution in [0.1, 0.15) is 29.7 Å². The highest BCUT2D eigenvalue weighted by Gasteiger charge is 2.38. The smallest absolute Gasteiger partial charge is 0.289 e. The van der Waals surface area contributed by atoms with Crippen LogP contribution in [0.25, 0.3) is 0 Å². The van der Waals surface area contributed by atoms with Crippen LogP contribution >= 0.6 is 11.8 Å². The molecular weight excluding hydrogens is 266 g/mol. The highest BCUT2D eigenvalue weighted by Crippen LogP contribution is 2.24. The zero-order valence-corrected chi connectivity index (χ0v) is 11.9. The molecule has 2 heterocycles. The van der Waals surface area contributed by atoms with Crippen LogP contribution in [0.3, 0.4) is 0 Å². The van der Waals surface area contributed by atoms with Gasteiger partial charge in [0.05, 0.1) is 17.5 Å². The fourth-order valence-corrected chi connectivity index (χ4v) is 2.52. The van der Waals surface area contributed by atoms with E-state index in [0.29, 0.717) is 13.0 Å². The number of aliphatic hydroxyl groups is 2. The van der Waals surface area contributed by atoms with Gasteiger partial charge < -0.3 is 19.5 Å². The molecular formula is C13H19NO4S. The molecule has 0 unspecified atom stereocenters. The fourth-order valence-electron chi connectivity index (χ4n) is 2.08. The zero-order chi connectivity index (χ0) is 14.0. The van der Waals surface area contributed by atoms with Gasteiger partial charge in [0.2, 0.25) is 0 Å². The molecule has 1 aromatic rings. The average Bonchev–Trinajstić information content (AvgIpc) is 2.81. The first-order valence-corrected chi connectivity index (χ1v) is 7.61. The van der Waals surface area contributed by atoms with E-state index >= 15 is 0 Å². The van der Waals surface area contributed by atoms with Crippen LogP contribution in [0.15, 0.2) is 16.5 Å². The first-order chi connectivity index (χ1) is 8.94. The van der Waals surface area contributed by atoms with E-state index in [2.05, 4.69) is 0 Å². The minimum absolute atomic E-state index is 0.129. The summed E-state index contributed by atoms with van der Waals surface area (Å²) in [6.07, 6.45) is 1.40. The maximum absolute atomic E-state index is 12.2. The highest BCUT2D eigenvalue weighted by molar-refractivity contribution is 7.97. The van der Waals surface area contributed by atoms with E-state index < -0.39 is 11.7 Å². The quantitative estimate of drug-likeness (QED) is 0.870. The third-order valence-electron chi connectivity index (χ3n) is 3.45. The van der Waals surface area contributed by atoms with Crippen molar-refractivity contribution >= 4 is 17.7 Å². The molecule has 106 valence electrons.